The summed E-state index contributed by atoms with van der Waals surface area (Å²) in [4.78, 5) is 0. The van der Waals surface area contributed by atoms with Crippen molar-refractivity contribution < 1.29 is 0 Å². The second-order valence-electron chi connectivity index (χ2n) is 5.58. The molecule has 0 bridgehead atoms. The van der Waals surface area contributed by atoms with Crippen LogP contribution in [0.15, 0.2) is 18.2 Å². The molecule has 1 rings (SSSR count). The van der Waals surface area contributed by atoms with Crippen LogP contribution in [0.3, 0.4) is 0 Å². The molecular formula is C16H28N2. The number of rotatable bonds is 7. The van der Waals surface area contributed by atoms with Gasteiger partial charge in [0, 0.05) is 25.2 Å². The maximum Gasteiger partial charge on any atom is 0.0208 e. The van der Waals surface area contributed by atoms with Crippen molar-refractivity contribution in [1.29, 1.82) is 0 Å². The summed E-state index contributed by atoms with van der Waals surface area (Å²) in [5.74, 6) is 0. The largest absolute Gasteiger partial charge is 0.310 e. The van der Waals surface area contributed by atoms with E-state index in [1.165, 1.54) is 16.7 Å². The highest BCUT2D eigenvalue weighted by Crippen LogP contribution is 2.12. The first-order valence-corrected chi connectivity index (χ1v) is 7.09. The fourth-order valence-corrected chi connectivity index (χ4v) is 1.89. The fraction of sp³-hybridized carbons (Fsp3) is 0.625. The number of hydrogen-bond donors (Lipinski definition) is 2. The maximum absolute atomic E-state index is 3.48. The fourth-order valence-electron chi connectivity index (χ4n) is 1.89. The van der Waals surface area contributed by atoms with Gasteiger partial charge in [0.1, 0.15) is 0 Å². The molecule has 0 aliphatic carbocycles. The molecule has 0 spiro atoms. The first kappa shape index (κ1) is 15.2. The number of aryl methyl sites for hydroxylation is 1. The lowest BCUT2D eigenvalue weighted by Crippen LogP contribution is -2.23. The Morgan fingerprint density at radius 3 is 1.50 bits per heavy atom. The minimum absolute atomic E-state index is 0.535. The predicted octanol–water partition coefficient (Wildman–Crippen LogP) is 3.25. The zero-order valence-corrected chi connectivity index (χ0v) is 12.5. The monoisotopic (exact) mass is 248 g/mol. The molecule has 0 radical (unpaired) electrons. The molecule has 2 heteroatoms. The van der Waals surface area contributed by atoms with Crippen LogP contribution < -0.4 is 10.6 Å². The van der Waals surface area contributed by atoms with Crippen molar-refractivity contribution in [2.75, 3.05) is 0 Å². The standard InChI is InChI=1S/C16H28N2/c1-6-14-7-15(10-17-12(2)3)9-16(8-14)11-18-13(4)5/h7-9,12-13,17-18H,6,10-11H2,1-5H3. The van der Waals surface area contributed by atoms with Gasteiger partial charge in [-0.05, 0) is 23.1 Å². The molecule has 0 aliphatic rings. The third-order valence-corrected chi connectivity index (χ3v) is 2.95. The molecule has 18 heavy (non-hydrogen) atoms. The molecule has 0 atom stereocenters. The van der Waals surface area contributed by atoms with E-state index in [2.05, 4.69) is 63.5 Å². The first-order valence-electron chi connectivity index (χ1n) is 7.09. The molecule has 2 N–H and O–H groups in total. The van der Waals surface area contributed by atoms with Gasteiger partial charge in [0.15, 0.2) is 0 Å². The minimum Gasteiger partial charge on any atom is -0.310 e. The SMILES string of the molecule is CCc1cc(CNC(C)C)cc(CNC(C)C)c1. The van der Waals surface area contributed by atoms with E-state index in [0.717, 1.165) is 19.5 Å². The smallest absolute Gasteiger partial charge is 0.0208 e. The average molecular weight is 248 g/mol. The maximum atomic E-state index is 3.48. The molecule has 0 saturated carbocycles. The molecule has 0 amide bonds. The van der Waals surface area contributed by atoms with Crippen LogP contribution in [-0.2, 0) is 19.5 Å². The highest BCUT2D eigenvalue weighted by atomic mass is 14.9. The van der Waals surface area contributed by atoms with Gasteiger partial charge >= 0.3 is 0 Å². The van der Waals surface area contributed by atoms with Crippen LogP contribution in [0.4, 0.5) is 0 Å². The molecule has 1 aromatic rings. The summed E-state index contributed by atoms with van der Waals surface area (Å²) < 4.78 is 0. The highest BCUT2D eigenvalue weighted by Gasteiger charge is 2.02. The summed E-state index contributed by atoms with van der Waals surface area (Å²) >= 11 is 0. The van der Waals surface area contributed by atoms with Crippen LogP contribution in [0.2, 0.25) is 0 Å². The molecule has 0 aromatic heterocycles. The Kier molecular flexibility index (Phi) is 6.37. The number of nitrogens with one attached hydrogen (secondary N) is 2. The van der Waals surface area contributed by atoms with E-state index in [1.54, 1.807) is 0 Å². The van der Waals surface area contributed by atoms with Gasteiger partial charge < -0.3 is 10.6 Å². The lowest BCUT2D eigenvalue weighted by molar-refractivity contribution is 0.581. The second kappa shape index (κ2) is 7.55. The third kappa shape index (κ3) is 5.65. The lowest BCUT2D eigenvalue weighted by Gasteiger charge is -2.13. The Morgan fingerprint density at radius 1 is 0.778 bits per heavy atom. The minimum atomic E-state index is 0.535. The van der Waals surface area contributed by atoms with Crippen molar-refractivity contribution in [3.63, 3.8) is 0 Å². The highest BCUT2D eigenvalue weighted by molar-refractivity contribution is 5.30. The molecule has 1 aromatic carbocycles. The Morgan fingerprint density at radius 2 is 1.17 bits per heavy atom. The third-order valence-electron chi connectivity index (χ3n) is 2.95. The van der Waals surface area contributed by atoms with Crippen molar-refractivity contribution in [2.24, 2.45) is 0 Å². The van der Waals surface area contributed by atoms with Crippen LogP contribution in [-0.4, -0.2) is 12.1 Å². The Labute approximate surface area is 112 Å². The zero-order chi connectivity index (χ0) is 13.5. The van der Waals surface area contributed by atoms with Crippen molar-refractivity contribution in [3.8, 4) is 0 Å². The van der Waals surface area contributed by atoms with Gasteiger partial charge in [-0.15, -0.1) is 0 Å². The van der Waals surface area contributed by atoms with E-state index < -0.39 is 0 Å². The molecule has 102 valence electrons. The van der Waals surface area contributed by atoms with Crippen LogP contribution >= 0.6 is 0 Å². The quantitative estimate of drug-likeness (QED) is 0.774. The lowest BCUT2D eigenvalue weighted by atomic mass is 10.0. The van der Waals surface area contributed by atoms with Crippen LogP contribution in [0.1, 0.15) is 51.3 Å². The van der Waals surface area contributed by atoms with Gasteiger partial charge in [0.2, 0.25) is 0 Å². The van der Waals surface area contributed by atoms with Gasteiger partial charge in [0.25, 0.3) is 0 Å². The van der Waals surface area contributed by atoms with Crippen molar-refractivity contribution >= 4 is 0 Å². The van der Waals surface area contributed by atoms with Gasteiger partial charge in [0.05, 0.1) is 0 Å². The van der Waals surface area contributed by atoms with Crippen LogP contribution in [0, 0.1) is 0 Å². The summed E-state index contributed by atoms with van der Waals surface area (Å²) in [6, 6.07) is 8.01. The average Bonchev–Trinajstić information content (AvgIpc) is 2.33. The van der Waals surface area contributed by atoms with Crippen LogP contribution in [0.25, 0.3) is 0 Å². The van der Waals surface area contributed by atoms with E-state index in [-0.39, 0.29) is 0 Å². The van der Waals surface area contributed by atoms with E-state index in [1.807, 2.05) is 0 Å². The molecule has 0 saturated heterocycles. The molecule has 2 nitrogen and oxygen atoms in total. The summed E-state index contributed by atoms with van der Waals surface area (Å²) in [7, 11) is 0. The van der Waals surface area contributed by atoms with E-state index in [9.17, 15) is 0 Å². The van der Waals surface area contributed by atoms with Crippen molar-refractivity contribution in [1.82, 2.24) is 10.6 Å². The molecule has 0 unspecified atom stereocenters. The second-order valence-corrected chi connectivity index (χ2v) is 5.58. The molecule has 0 heterocycles. The van der Waals surface area contributed by atoms with Crippen molar-refractivity contribution in [3.05, 3.63) is 34.9 Å². The van der Waals surface area contributed by atoms with Crippen LogP contribution in [0.5, 0.6) is 0 Å². The summed E-state index contributed by atoms with van der Waals surface area (Å²) in [6.07, 6.45) is 1.10. The van der Waals surface area contributed by atoms with Gasteiger partial charge in [-0.1, -0.05) is 52.8 Å². The predicted molar refractivity (Wildman–Crippen MR) is 79.8 cm³/mol. The summed E-state index contributed by atoms with van der Waals surface area (Å²) in [6.45, 7) is 12.9. The molecule has 0 fully saturated rings. The van der Waals surface area contributed by atoms with E-state index >= 15 is 0 Å². The normalized spacial score (nSPS) is 11.5. The summed E-state index contributed by atoms with van der Waals surface area (Å²) in [5.41, 5.74) is 4.21. The Hall–Kier alpha value is -0.860. The number of benzene rings is 1. The molecule has 0 aliphatic heterocycles. The summed E-state index contributed by atoms with van der Waals surface area (Å²) in [5, 5.41) is 6.97. The van der Waals surface area contributed by atoms with Gasteiger partial charge in [-0.2, -0.15) is 0 Å². The first-order chi connectivity index (χ1) is 8.51. The van der Waals surface area contributed by atoms with Crippen molar-refractivity contribution in [2.45, 2.75) is 66.2 Å². The Balaban J connectivity index is 2.74. The zero-order valence-electron chi connectivity index (χ0n) is 12.5. The topological polar surface area (TPSA) is 24.1 Å². The van der Waals surface area contributed by atoms with Gasteiger partial charge in [-0.3, -0.25) is 0 Å². The molecular weight excluding hydrogens is 220 g/mol. The van der Waals surface area contributed by atoms with E-state index in [0.29, 0.717) is 12.1 Å². The van der Waals surface area contributed by atoms with E-state index in [4.69, 9.17) is 0 Å². The van der Waals surface area contributed by atoms with Gasteiger partial charge in [-0.25, -0.2) is 0 Å². The Bertz CT molecular complexity index is 326. The number of hydrogen-bond acceptors (Lipinski definition) is 2.